The number of aromatic nitrogens is 2. The molecule has 1 fully saturated rings. The molecule has 0 unspecified atom stereocenters. The summed E-state index contributed by atoms with van der Waals surface area (Å²) in [5, 5.41) is 13.1. The van der Waals surface area contributed by atoms with Gasteiger partial charge < -0.3 is 10.4 Å². The normalized spacial score (nSPS) is 16.9. The van der Waals surface area contributed by atoms with E-state index in [-0.39, 0.29) is 0 Å². The van der Waals surface area contributed by atoms with E-state index in [2.05, 4.69) is 53.3 Å². The van der Waals surface area contributed by atoms with Crippen molar-refractivity contribution in [3.8, 4) is 17.0 Å². The van der Waals surface area contributed by atoms with Crippen LogP contribution < -0.4 is 5.32 Å². The van der Waals surface area contributed by atoms with Gasteiger partial charge in [-0.2, -0.15) is 0 Å². The number of rotatable bonds is 9. The Morgan fingerprint density at radius 1 is 1.06 bits per heavy atom. The number of aryl methyl sites for hydroxylation is 2. The summed E-state index contributed by atoms with van der Waals surface area (Å²) in [7, 11) is 0. The van der Waals surface area contributed by atoms with Crippen LogP contribution in [0.3, 0.4) is 0 Å². The predicted molar refractivity (Wildman–Crippen MR) is 134 cm³/mol. The molecule has 1 atom stereocenters. The van der Waals surface area contributed by atoms with Crippen molar-refractivity contribution in [1.82, 2.24) is 20.2 Å². The van der Waals surface area contributed by atoms with Gasteiger partial charge in [0.25, 0.3) is 0 Å². The van der Waals surface area contributed by atoms with Crippen LogP contribution in [0, 0.1) is 5.92 Å². The Kier molecular flexibility index (Phi) is 8.08. The summed E-state index contributed by atoms with van der Waals surface area (Å²) in [6.07, 6.45) is 5.87. The topological polar surface area (TPSA) is 61.3 Å². The second kappa shape index (κ2) is 11.4. The summed E-state index contributed by atoms with van der Waals surface area (Å²) in [5.41, 5.74) is 4.71. The van der Waals surface area contributed by atoms with Crippen molar-refractivity contribution >= 4 is 0 Å². The second-order valence-corrected chi connectivity index (χ2v) is 9.59. The van der Waals surface area contributed by atoms with E-state index in [0.717, 1.165) is 68.4 Å². The SMILES string of the molecule is CC(C)C[C@H]1CN(Cc2cccc(-c3ccnc(CCCc4ccc(O)cc4)n3)c2)CCN1. The summed E-state index contributed by atoms with van der Waals surface area (Å²) in [6.45, 7) is 8.85. The maximum absolute atomic E-state index is 9.43. The molecule has 0 aliphatic carbocycles. The van der Waals surface area contributed by atoms with Crippen LogP contribution in [-0.2, 0) is 19.4 Å². The third-order valence-corrected chi connectivity index (χ3v) is 6.23. The molecular weight excluding hydrogens is 408 g/mol. The fourth-order valence-corrected chi connectivity index (χ4v) is 4.65. The quantitative estimate of drug-likeness (QED) is 0.494. The number of hydrogen-bond acceptors (Lipinski definition) is 5. The predicted octanol–water partition coefficient (Wildman–Crippen LogP) is 4.84. The van der Waals surface area contributed by atoms with Crippen LogP contribution in [0.15, 0.2) is 60.8 Å². The van der Waals surface area contributed by atoms with Gasteiger partial charge in [-0.3, -0.25) is 4.90 Å². The molecule has 4 rings (SSSR count). The minimum absolute atomic E-state index is 0.310. The largest absolute Gasteiger partial charge is 0.508 e. The average molecular weight is 445 g/mol. The molecule has 1 saturated heterocycles. The monoisotopic (exact) mass is 444 g/mol. The molecular formula is C28H36N4O. The van der Waals surface area contributed by atoms with Gasteiger partial charge in [-0.1, -0.05) is 44.2 Å². The third kappa shape index (κ3) is 7.11. The van der Waals surface area contributed by atoms with Crippen molar-refractivity contribution < 1.29 is 5.11 Å². The molecule has 1 aromatic heterocycles. The molecule has 5 heteroatoms. The van der Waals surface area contributed by atoms with Crippen LogP contribution in [0.5, 0.6) is 5.75 Å². The Morgan fingerprint density at radius 3 is 2.73 bits per heavy atom. The van der Waals surface area contributed by atoms with Gasteiger partial charge in [0.15, 0.2) is 0 Å². The van der Waals surface area contributed by atoms with Gasteiger partial charge in [-0.05, 0) is 60.6 Å². The zero-order valence-electron chi connectivity index (χ0n) is 19.9. The van der Waals surface area contributed by atoms with E-state index in [0.29, 0.717) is 11.8 Å². The smallest absolute Gasteiger partial charge is 0.128 e. The second-order valence-electron chi connectivity index (χ2n) is 9.59. The van der Waals surface area contributed by atoms with E-state index in [4.69, 9.17) is 4.98 Å². The van der Waals surface area contributed by atoms with E-state index in [1.165, 1.54) is 17.5 Å². The highest BCUT2D eigenvalue weighted by molar-refractivity contribution is 5.59. The van der Waals surface area contributed by atoms with Crippen molar-refractivity contribution in [2.75, 3.05) is 19.6 Å². The number of phenolic OH excluding ortho intramolecular Hbond substituents is 1. The van der Waals surface area contributed by atoms with Crippen LogP contribution >= 0.6 is 0 Å². The molecule has 0 saturated carbocycles. The summed E-state index contributed by atoms with van der Waals surface area (Å²) < 4.78 is 0. The standard InChI is InChI=1S/C28H36N4O/c1-21(2)17-25-20-32(16-15-29-25)19-23-6-3-7-24(18-23)27-13-14-30-28(31-27)8-4-5-22-9-11-26(33)12-10-22/h3,6-7,9-14,18,21,25,29,33H,4-5,8,15-17,19-20H2,1-2H3/t25-/m0/s1. The minimum atomic E-state index is 0.310. The maximum atomic E-state index is 9.43. The van der Waals surface area contributed by atoms with Gasteiger partial charge in [0.1, 0.15) is 11.6 Å². The highest BCUT2D eigenvalue weighted by Crippen LogP contribution is 2.21. The molecule has 2 aromatic carbocycles. The molecule has 33 heavy (non-hydrogen) atoms. The first-order chi connectivity index (χ1) is 16.0. The van der Waals surface area contributed by atoms with E-state index < -0.39 is 0 Å². The Labute approximate surface area is 197 Å². The Hall–Kier alpha value is -2.76. The van der Waals surface area contributed by atoms with Gasteiger partial charge in [-0.15, -0.1) is 0 Å². The Morgan fingerprint density at radius 2 is 1.91 bits per heavy atom. The van der Waals surface area contributed by atoms with E-state index in [9.17, 15) is 5.11 Å². The number of aromatic hydroxyl groups is 1. The van der Waals surface area contributed by atoms with Crippen molar-refractivity contribution in [2.45, 2.75) is 52.1 Å². The summed E-state index contributed by atoms with van der Waals surface area (Å²) >= 11 is 0. The molecule has 1 aliphatic rings. The van der Waals surface area contributed by atoms with Crippen LogP contribution in [-0.4, -0.2) is 45.7 Å². The molecule has 0 spiro atoms. The van der Waals surface area contributed by atoms with Crippen molar-refractivity contribution in [3.63, 3.8) is 0 Å². The number of hydrogen-bond donors (Lipinski definition) is 2. The maximum Gasteiger partial charge on any atom is 0.128 e. The van der Waals surface area contributed by atoms with Crippen molar-refractivity contribution in [2.24, 2.45) is 5.92 Å². The van der Waals surface area contributed by atoms with E-state index in [1.807, 2.05) is 24.4 Å². The van der Waals surface area contributed by atoms with Gasteiger partial charge in [-0.25, -0.2) is 9.97 Å². The highest BCUT2D eigenvalue weighted by Gasteiger charge is 2.20. The molecule has 0 bridgehead atoms. The molecule has 3 aromatic rings. The van der Waals surface area contributed by atoms with Crippen LogP contribution in [0.1, 0.15) is 43.6 Å². The Balaban J connectivity index is 1.36. The molecule has 0 radical (unpaired) electrons. The van der Waals surface area contributed by atoms with Crippen LogP contribution in [0.25, 0.3) is 11.3 Å². The van der Waals surface area contributed by atoms with Gasteiger partial charge in [0.2, 0.25) is 0 Å². The van der Waals surface area contributed by atoms with Gasteiger partial charge in [0.05, 0.1) is 5.69 Å². The summed E-state index contributed by atoms with van der Waals surface area (Å²) in [5.74, 6) is 1.92. The van der Waals surface area contributed by atoms with Crippen molar-refractivity contribution in [3.05, 3.63) is 77.7 Å². The fraction of sp³-hybridized carbons (Fsp3) is 0.429. The zero-order chi connectivity index (χ0) is 23.0. The minimum Gasteiger partial charge on any atom is -0.508 e. The number of phenols is 1. The molecule has 0 amide bonds. The number of nitrogens with zero attached hydrogens (tertiary/aromatic N) is 3. The van der Waals surface area contributed by atoms with Gasteiger partial charge >= 0.3 is 0 Å². The summed E-state index contributed by atoms with van der Waals surface area (Å²) in [6, 6.07) is 18.8. The first-order valence-corrected chi connectivity index (χ1v) is 12.2. The van der Waals surface area contributed by atoms with E-state index >= 15 is 0 Å². The average Bonchev–Trinajstić information content (AvgIpc) is 2.81. The fourth-order valence-electron chi connectivity index (χ4n) is 4.65. The highest BCUT2D eigenvalue weighted by atomic mass is 16.3. The van der Waals surface area contributed by atoms with Crippen LogP contribution in [0.4, 0.5) is 0 Å². The Bertz CT molecular complexity index is 1020. The third-order valence-electron chi connectivity index (χ3n) is 6.23. The first kappa shape index (κ1) is 23.4. The number of piperazine rings is 1. The lowest BCUT2D eigenvalue weighted by Gasteiger charge is -2.34. The lowest BCUT2D eigenvalue weighted by atomic mass is 10.0. The zero-order valence-corrected chi connectivity index (χ0v) is 19.9. The lowest BCUT2D eigenvalue weighted by Crippen LogP contribution is -2.50. The number of nitrogens with one attached hydrogen (secondary N) is 1. The molecule has 2 heterocycles. The van der Waals surface area contributed by atoms with Crippen LogP contribution in [0.2, 0.25) is 0 Å². The summed E-state index contributed by atoms with van der Waals surface area (Å²) in [4.78, 5) is 11.9. The lowest BCUT2D eigenvalue weighted by molar-refractivity contribution is 0.180. The number of benzene rings is 2. The molecule has 1 aliphatic heterocycles. The molecule has 5 nitrogen and oxygen atoms in total. The molecule has 2 N–H and O–H groups in total. The van der Waals surface area contributed by atoms with Gasteiger partial charge in [0, 0.05) is 50.4 Å². The van der Waals surface area contributed by atoms with E-state index in [1.54, 1.807) is 12.1 Å². The van der Waals surface area contributed by atoms with Crippen molar-refractivity contribution in [1.29, 1.82) is 0 Å². The first-order valence-electron chi connectivity index (χ1n) is 12.2. The molecule has 174 valence electrons.